The van der Waals surface area contributed by atoms with Gasteiger partial charge in [0.05, 0.1) is 17.8 Å². The number of rotatable bonds is 3. The average Bonchev–Trinajstić information content (AvgIpc) is 2.92. The predicted octanol–water partition coefficient (Wildman–Crippen LogP) is 2.78. The zero-order valence-electron chi connectivity index (χ0n) is 10.3. The first-order valence-corrected chi connectivity index (χ1v) is 6.50. The Morgan fingerprint density at radius 2 is 2.26 bits per heavy atom. The molecule has 100 valence electrons. The number of halogens is 2. The highest BCUT2D eigenvalue weighted by atomic mass is 35.5. The predicted molar refractivity (Wildman–Crippen MR) is 68.1 cm³/mol. The van der Waals surface area contributed by atoms with E-state index >= 15 is 0 Å². The van der Waals surface area contributed by atoms with Crippen LogP contribution in [0.4, 0.5) is 4.39 Å². The molecule has 0 atom stereocenters. The van der Waals surface area contributed by atoms with E-state index < -0.39 is 11.7 Å². The van der Waals surface area contributed by atoms with E-state index in [0.29, 0.717) is 0 Å². The highest BCUT2D eigenvalue weighted by molar-refractivity contribution is 6.32. The molecule has 0 aromatic carbocycles. The Hall–Kier alpha value is -1.67. The van der Waals surface area contributed by atoms with Gasteiger partial charge in [0.25, 0.3) is 5.91 Å². The standard InChI is InChI=1S/C13H13ClFN3O/c14-12-11(7-9(15)8-17-12)13(19)18(6-5-16)10-3-1-2-4-10/h7-8,10H,1-4,6H2. The van der Waals surface area contributed by atoms with Gasteiger partial charge in [0.15, 0.2) is 0 Å². The normalized spacial score (nSPS) is 15.2. The molecule has 1 fully saturated rings. The van der Waals surface area contributed by atoms with Gasteiger partial charge in [-0.05, 0) is 18.9 Å². The molecule has 1 aliphatic rings. The van der Waals surface area contributed by atoms with E-state index in [9.17, 15) is 9.18 Å². The zero-order chi connectivity index (χ0) is 13.8. The molecule has 19 heavy (non-hydrogen) atoms. The molecule has 0 aliphatic heterocycles. The Morgan fingerprint density at radius 3 is 2.89 bits per heavy atom. The van der Waals surface area contributed by atoms with Crippen molar-refractivity contribution in [3.8, 4) is 6.07 Å². The minimum atomic E-state index is -0.615. The quantitative estimate of drug-likeness (QED) is 0.632. The number of carbonyl (C=O) groups is 1. The van der Waals surface area contributed by atoms with E-state index in [2.05, 4.69) is 4.98 Å². The molecular weight excluding hydrogens is 269 g/mol. The van der Waals surface area contributed by atoms with Crippen LogP contribution in [-0.2, 0) is 0 Å². The molecular formula is C13H13ClFN3O. The molecule has 6 heteroatoms. The van der Waals surface area contributed by atoms with Crippen molar-refractivity contribution in [2.75, 3.05) is 6.54 Å². The molecule has 0 bridgehead atoms. The van der Waals surface area contributed by atoms with Gasteiger partial charge in [0, 0.05) is 6.04 Å². The van der Waals surface area contributed by atoms with Gasteiger partial charge in [-0.1, -0.05) is 24.4 Å². The number of nitrogens with zero attached hydrogens (tertiary/aromatic N) is 3. The lowest BCUT2D eigenvalue weighted by atomic mass is 10.1. The summed E-state index contributed by atoms with van der Waals surface area (Å²) in [4.78, 5) is 17.5. The smallest absolute Gasteiger partial charge is 0.258 e. The van der Waals surface area contributed by atoms with Crippen LogP contribution in [-0.4, -0.2) is 28.4 Å². The molecule has 0 unspecified atom stereocenters. The summed E-state index contributed by atoms with van der Waals surface area (Å²) in [6.07, 6.45) is 4.77. The number of pyridine rings is 1. The van der Waals surface area contributed by atoms with Gasteiger partial charge in [-0.25, -0.2) is 9.37 Å². The highest BCUT2D eigenvalue weighted by Crippen LogP contribution is 2.26. The monoisotopic (exact) mass is 281 g/mol. The number of hydrogen-bond acceptors (Lipinski definition) is 3. The molecule has 1 saturated carbocycles. The van der Waals surface area contributed by atoms with Crippen LogP contribution in [0.15, 0.2) is 12.3 Å². The first kappa shape index (κ1) is 13.8. The van der Waals surface area contributed by atoms with E-state index in [1.807, 2.05) is 6.07 Å². The number of carbonyl (C=O) groups excluding carboxylic acids is 1. The Morgan fingerprint density at radius 1 is 1.58 bits per heavy atom. The van der Waals surface area contributed by atoms with Crippen LogP contribution in [0.2, 0.25) is 5.15 Å². The van der Waals surface area contributed by atoms with Crippen molar-refractivity contribution in [1.82, 2.24) is 9.88 Å². The van der Waals surface area contributed by atoms with Gasteiger partial charge >= 0.3 is 0 Å². The van der Waals surface area contributed by atoms with Crippen LogP contribution < -0.4 is 0 Å². The fraction of sp³-hybridized carbons (Fsp3) is 0.462. The Bertz CT molecular complexity index is 523. The van der Waals surface area contributed by atoms with Crippen molar-refractivity contribution in [2.45, 2.75) is 31.7 Å². The molecule has 1 amide bonds. The molecule has 1 aromatic heterocycles. The summed E-state index contributed by atoms with van der Waals surface area (Å²) in [6.45, 7) is -0.0175. The van der Waals surface area contributed by atoms with E-state index in [0.717, 1.165) is 37.9 Å². The number of amides is 1. The lowest BCUT2D eigenvalue weighted by Crippen LogP contribution is -2.39. The van der Waals surface area contributed by atoms with Crippen LogP contribution in [0.1, 0.15) is 36.0 Å². The second-order valence-electron chi connectivity index (χ2n) is 4.52. The van der Waals surface area contributed by atoms with Crippen molar-refractivity contribution < 1.29 is 9.18 Å². The minimum Gasteiger partial charge on any atom is -0.322 e. The van der Waals surface area contributed by atoms with Crippen molar-refractivity contribution in [2.24, 2.45) is 0 Å². The molecule has 0 radical (unpaired) electrons. The molecule has 1 aliphatic carbocycles. The van der Waals surface area contributed by atoms with Gasteiger partial charge in [0.2, 0.25) is 0 Å². The van der Waals surface area contributed by atoms with Crippen molar-refractivity contribution in [3.05, 3.63) is 28.8 Å². The molecule has 0 N–H and O–H groups in total. The van der Waals surface area contributed by atoms with Gasteiger partial charge in [-0.15, -0.1) is 0 Å². The van der Waals surface area contributed by atoms with Gasteiger partial charge in [0.1, 0.15) is 17.5 Å². The third kappa shape index (κ3) is 3.02. The molecule has 1 heterocycles. The van der Waals surface area contributed by atoms with Gasteiger partial charge in [-0.3, -0.25) is 4.79 Å². The van der Waals surface area contributed by atoms with Gasteiger partial charge in [-0.2, -0.15) is 5.26 Å². The van der Waals surface area contributed by atoms with E-state index in [-0.39, 0.29) is 23.3 Å². The molecule has 2 rings (SSSR count). The molecule has 0 spiro atoms. The molecule has 1 aromatic rings. The molecule has 0 saturated heterocycles. The summed E-state index contributed by atoms with van der Waals surface area (Å²) in [5.41, 5.74) is 0.0174. The lowest BCUT2D eigenvalue weighted by Gasteiger charge is -2.26. The fourth-order valence-corrected chi connectivity index (χ4v) is 2.57. The van der Waals surface area contributed by atoms with Crippen LogP contribution in [0.25, 0.3) is 0 Å². The highest BCUT2D eigenvalue weighted by Gasteiger charge is 2.28. The third-order valence-corrected chi connectivity index (χ3v) is 3.60. The number of hydrogen-bond donors (Lipinski definition) is 0. The van der Waals surface area contributed by atoms with Crippen LogP contribution in [0.5, 0.6) is 0 Å². The maximum absolute atomic E-state index is 13.2. The fourth-order valence-electron chi connectivity index (χ4n) is 2.39. The second-order valence-corrected chi connectivity index (χ2v) is 4.88. The number of aromatic nitrogens is 1. The van der Waals surface area contributed by atoms with E-state index in [1.54, 1.807) is 0 Å². The SMILES string of the molecule is N#CCN(C(=O)c1cc(F)cnc1Cl)C1CCCC1. The summed E-state index contributed by atoms with van der Waals surface area (Å²) < 4.78 is 13.2. The zero-order valence-corrected chi connectivity index (χ0v) is 11.0. The summed E-state index contributed by atoms with van der Waals surface area (Å²) in [7, 11) is 0. The summed E-state index contributed by atoms with van der Waals surface area (Å²) in [6, 6.07) is 3.08. The maximum atomic E-state index is 13.2. The van der Waals surface area contributed by atoms with Crippen LogP contribution in [0.3, 0.4) is 0 Å². The van der Waals surface area contributed by atoms with Crippen LogP contribution >= 0.6 is 11.6 Å². The van der Waals surface area contributed by atoms with Crippen molar-refractivity contribution in [1.29, 1.82) is 5.26 Å². The second kappa shape index (κ2) is 5.98. The van der Waals surface area contributed by atoms with E-state index in [1.165, 1.54) is 4.90 Å². The first-order valence-electron chi connectivity index (χ1n) is 6.12. The summed E-state index contributed by atoms with van der Waals surface area (Å²) >= 11 is 5.83. The minimum absolute atomic E-state index is 0.0174. The number of nitriles is 1. The van der Waals surface area contributed by atoms with Crippen molar-refractivity contribution in [3.63, 3.8) is 0 Å². The topological polar surface area (TPSA) is 57.0 Å². The Balaban J connectivity index is 2.28. The molecule has 4 nitrogen and oxygen atoms in total. The maximum Gasteiger partial charge on any atom is 0.258 e. The van der Waals surface area contributed by atoms with Crippen molar-refractivity contribution >= 4 is 17.5 Å². The third-order valence-electron chi connectivity index (χ3n) is 3.30. The first-order chi connectivity index (χ1) is 9.13. The van der Waals surface area contributed by atoms with Gasteiger partial charge < -0.3 is 4.90 Å². The van der Waals surface area contributed by atoms with E-state index in [4.69, 9.17) is 16.9 Å². The lowest BCUT2D eigenvalue weighted by molar-refractivity contribution is 0.0708. The van der Waals surface area contributed by atoms with Crippen LogP contribution in [0, 0.1) is 17.1 Å². The Labute approximate surface area is 115 Å². The summed E-state index contributed by atoms with van der Waals surface area (Å²) in [5.74, 6) is -1.04. The largest absolute Gasteiger partial charge is 0.322 e. The average molecular weight is 282 g/mol. The Kier molecular flexibility index (Phi) is 4.33. The summed E-state index contributed by atoms with van der Waals surface area (Å²) in [5, 5.41) is 8.82.